The van der Waals surface area contributed by atoms with Gasteiger partial charge in [0.05, 0.1) is 15.5 Å². The smallest absolute Gasteiger partial charge is 0.268 e. The molecule has 1 aromatic heterocycles. The molecule has 2 aromatic carbocycles. The van der Waals surface area contributed by atoms with E-state index in [-0.39, 0.29) is 11.7 Å². The minimum Gasteiger partial charge on any atom is -0.307 e. The van der Waals surface area contributed by atoms with Crippen LogP contribution in [0, 0.1) is 0 Å². The lowest BCUT2D eigenvalue weighted by molar-refractivity contribution is 0.0989. The summed E-state index contributed by atoms with van der Waals surface area (Å²) in [6.45, 7) is 0.688. The molecule has 2 aliphatic heterocycles. The van der Waals surface area contributed by atoms with Crippen LogP contribution in [0.4, 0.5) is 5.69 Å². The number of rotatable bonds is 1. The summed E-state index contributed by atoms with van der Waals surface area (Å²) < 4.78 is 25.2. The van der Waals surface area contributed by atoms with Gasteiger partial charge in [-0.2, -0.15) is 0 Å². The van der Waals surface area contributed by atoms with Gasteiger partial charge in [0.25, 0.3) is 5.91 Å². The fourth-order valence-corrected chi connectivity index (χ4v) is 6.86. The summed E-state index contributed by atoms with van der Waals surface area (Å²) in [7, 11) is -3.36. The minimum atomic E-state index is -3.36. The van der Waals surface area contributed by atoms with Crippen molar-refractivity contribution >= 4 is 32.8 Å². The second kappa shape index (κ2) is 6.04. The third-order valence-corrected chi connectivity index (χ3v) is 8.10. The molecule has 2 aliphatic rings. The largest absolute Gasteiger partial charge is 0.307 e. The highest BCUT2D eigenvalue weighted by atomic mass is 32.2. The van der Waals surface area contributed by atoms with Crippen LogP contribution in [0.15, 0.2) is 59.5 Å². The maximum absolute atomic E-state index is 13.2. The molecule has 0 radical (unpaired) electrons. The van der Waals surface area contributed by atoms with Gasteiger partial charge in [0.2, 0.25) is 0 Å². The summed E-state index contributed by atoms with van der Waals surface area (Å²) in [5.74, 6) is -0.0869. The summed E-state index contributed by atoms with van der Waals surface area (Å²) in [5.41, 5.74) is 3.59. The highest BCUT2D eigenvalue weighted by molar-refractivity contribution is 7.91. The van der Waals surface area contributed by atoms with Crippen molar-refractivity contribution in [2.75, 3.05) is 11.4 Å². The number of carbonyl (C=O) groups is 1. The first-order chi connectivity index (χ1) is 13.0. The van der Waals surface area contributed by atoms with E-state index in [9.17, 15) is 13.2 Å². The Hall–Kier alpha value is -2.44. The van der Waals surface area contributed by atoms with Crippen LogP contribution in [-0.2, 0) is 22.0 Å². The van der Waals surface area contributed by atoms with Crippen molar-refractivity contribution in [3.8, 4) is 10.4 Å². The standard InChI is InChI=1S/C21H17NO3S2/c23-21(22-11-5-7-14-6-1-3-9-17(14)22)18-12-15-13-27(24,25)19-10-4-2-8-16(19)20(15)26-18/h1-4,6,8-10,12H,5,7,11,13H2. The second-order valence-corrected chi connectivity index (χ2v) is 9.92. The molecule has 0 aliphatic carbocycles. The van der Waals surface area contributed by atoms with Crippen molar-refractivity contribution in [1.82, 2.24) is 0 Å². The van der Waals surface area contributed by atoms with Crippen LogP contribution < -0.4 is 4.90 Å². The van der Waals surface area contributed by atoms with Gasteiger partial charge in [0, 0.05) is 22.7 Å². The van der Waals surface area contributed by atoms with E-state index in [0.717, 1.165) is 29.0 Å². The van der Waals surface area contributed by atoms with Gasteiger partial charge in [-0.15, -0.1) is 11.3 Å². The van der Waals surface area contributed by atoms with Crippen LogP contribution in [-0.4, -0.2) is 20.9 Å². The number of carbonyl (C=O) groups excluding carboxylic acids is 1. The van der Waals surface area contributed by atoms with Crippen molar-refractivity contribution in [3.05, 3.63) is 70.6 Å². The maximum Gasteiger partial charge on any atom is 0.268 e. The first-order valence-electron chi connectivity index (χ1n) is 8.89. The highest BCUT2D eigenvalue weighted by Crippen LogP contribution is 2.43. The molecule has 0 saturated heterocycles. The van der Waals surface area contributed by atoms with Gasteiger partial charge < -0.3 is 4.90 Å². The Labute approximate surface area is 162 Å². The van der Waals surface area contributed by atoms with Crippen molar-refractivity contribution in [3.63, 3.8) is 0 Å². The number of amides is 1. The number of para-hydroxylation sites is 1. The van der Waals surface area contributed by atoms with Gasteiger partial charge in [-0.05, 0) is 42.2 Å². The lowest BCUT2D eigenvalue weighted by Gasteiger charge is -2.29. The summed E-state index contributed by atoms with van der Waals surface area (Å²) in [6, 6.07) is 16.8. The number of thiophene rings is 1. The molecule has 0 spiro atoms. The number of nitrogens with zero attached hydrogens (tertiary/aromatic N) is 1. The number of fused-ring (bicyclic) bond motifs is 4. The van der Waals surface area contributed by atoms with Gasteiger partial charge in [0.1, 0.15) is 0 Å². The first kappa shape index (κ1) is 16.7. The Bertz CT molecular complexity index is 1180. The predicted octanol–water partition coefficient (Wildman–Crippen LogP) is 4.30. The number of benzene rings is 2. The quantitative estimate of drug-likeness (QED) is 0.617. The van der Waals surface area contributed by atoms with Gasteiger partial charge >= 0.3 is 0 Å². The number of anilines is 1. The summed E-state index contributed by atoms with van der Waals surface area (Å²) in [6.07, 6.45) is 1.91. The van der Waals surface area contributed by atoms with Crippen LogP contribution in [0.2, 0.25) is 0 Å². The van der Waals surface area contributed by atoms with E-state index in [1.807, 2.05) is 35.2 Å². The topological polar surface area (TPSA) is 54.5 Å². The number of sulfone groups is 1. The molecule has 3 heterocycles. The summed E-state index contributed by atoms with van der Waals surface area (Å²) in [4.78, 5) is 16.9. The molecular formula is C21H17NO3S2. The van der Waals surface area contributed by atoms with E-state index in [0.29, 0.717) is 21.9 Å². The maximum atomic E-state index is 13.2. The molecule has 5 rings (SSSR count). The van der Waals surface area contributed by atoms with Crippen LogP contribution in [0.5, 0.6) is 0 Å². The van der Waals surface area contributed by atoms with Crippen LogP contribution in [0.3, 0.4) is 0 Å². The number of hydrogen-bond acceptors (Lipinski definition) is 4. The zero-order valence-electron chi connectivity index (χ0n) is 14.5. The van der Waals surface area contributed by atoms with Crippen molar-refractivity contribution in [2.24, 2.45) is 0 Å². The monoisotopic (exact) mass is 395 g/mol. The van der Waals surface area contributed by atoms with Crippen molar-refractivity contribution < 1.29 is 13.2 Å². The normalized spacial score (nSPS) is 17.0. The van der Waals surface area contributed by atoms with E-state index < -0.39 is 9.84 Å². The Morgan fingerprint density at radius 3 is 2.67 bits per heavy atom. The number of aryl methyl sites for hydroxylation is 1. The molecule has 3 aromatic rings. The van der Waals surface area contributed by atoms with Crippen LogP contribution in [0.25, 0.3) is 10.4 Å². The molecule has 0 bridgehead atoms. The molecule has 0 atom stereocenters. The predicted molar refractivity (Wildman–Crippen MR) is 107 cm³/mol. The first-order valence-corrected chi connectivity index (χ1v) is 11.4. The molecular weight excluding hydrogens is 378 g/mol. The van der Waals surface area contributed by atoms with Crippen molar-refractivity contribution in [1.29, 1.82) is 0 Å². The van der Waals surface area contributed by atoms with E-state index in [1.165, 1.54) is 16.9 Å². The van der Waals surface area contributed by atoms with Crippen LogP contribution >= 0.6 is 11.3 Å². The number of hydrogen-bond donors (Lipinski definition) is 0. The molecule has 27 heavy (non-hydrogen) atoms. The highest BCUT2D eigenvalue weighted by Gasteiger charge is 2.32. The Balaban J connectivity index is 1.59. The fourth-order valence-electron chi connectivity index (χ4n) is 3.95. The second-order valence-electron chi connectivity index (χ2n) is 6.91. The zero-order valence-corrected chi connectivity index (χ0v) is 16.1. The summed E-state index contributed by atoms with van der Waals surface area (Å²) in [5, 5.41) is 0. The molecule has 4 nitrogen and oxygen atoms in total. The molecule has 0 fully saturated rings. The average molecular weight is 396 g/mol. The molecule has 0 unspecified atom stereocenters. The van der Waals surface area contributed by atoms with Crippen LogP contribution in [0.1, 0.15) is 27.2 Å². The van der Waals surface area contributed by atoms with Crippen molar-refractivity contribution in [2.45, 2.75) is 23.5 Å². The molecule has 6 heteroatoms. The lowest BCUT2D eigenvalue weighted by Crippen LogP contribution is -2.34. The van der Waals surface area contributed by atoms with Gasteiger partial charge in [-0.1, -0.05) is 36.4 Å². The van der Waals surface area contributed by atoms with E-state index in [2.05, 4.69) is 6.07 Å². The SMILES string of the molecule is O=C(c1cc2c(s1)-c1ccccc1S(=O)(=O)C2)N1CCCc2ccccc21. The molecule has 0 N–H and O–H groups in total. The minimum absolute atomic E-state index is 0.0420. The molecule has 0 saturated carbocycles. The lowest BCUT2D eigenvalue weighted by atomic mass is 10.0. The average Bonchev–Trinajstić information content (AvgIpc) is 3.10. The Kier molecular flexibility index (Phi) is 3.74. The van der Waals surface area contributed by atoms with E-state index >= 15 is 0 Å². The van der Waals surface area contributed by atoms with Gasteiger partial charge in [0.15, 0.2) is 9.84 Å². The van der Waals surface area contributed by atoms with E-state index in [4.69, 9.17) is 0 Å². The third-order valence-electron chi connectivity index (χ3n) is 5.19. The Morgan fingerprint density at radius 2 is 1.78 bits per heavy atom. The van der Waals surface area contributed by atoms with E-state index in [1.54, 1.807) is 18.2 Å². The van der Waals surface area contributed by atoms with Gasteiger partial charge in [-0.25, -0.2) is 8.42 Å². The summed E-state index contributed by atoms with van der Waals surface area (Å²) >= 11 is 1.40. The Morgan fingerprint density at radius 1 is 1.00 bits per heavy atom. The molecule has 1 amide bonds. The third kappa shape index (κ3) is 2.63. The fraction of sp³-hybridized carbons (Fsp3) is 0.190. The zero-order chi connectivity index (χ0) is 18.6. The van der Waals surface area contributed by atoms with Gasteiger partial charge in [-0.3, -0.25) is 4.79 Å². The molecule has 136 valence electrons.